The van der Waals surface area contributed by atoms with E-state index in [2.05, 4.69) is 39.8 Å². The smallest absolute Gasteiger partial charge is 0.305 e. The van der Waals surface area contributed by atoms with E-state index in [1.165, 1.54) is 5.56 Å². The van der Waals surface area contributed by atoms with Crippen molar-refractivity contribution in [3.63, 3.8) is 0 Å². The first-order valence-corrected chi connectivity index (χ1v) is 9.50. The predicted octanol–water partition coefficient (Wildman–Crippen LogP) is 5.28. The lowest BCUT2D eigenvalue weighted by molar-refractivity contribution is -0.143. The summed E-state index contributed by atoms with van der Waals surface area (Å²) in [5, 5.41) is 0. The van der Waals surface area contributed by atoms with E-state index in [-0.39, 0.29) is 11.4 Å². The quantitative estimate of drug-likeness (QED) is 0.481. The van der Waals surface area contributed by atoms with E-state index in [9.17, 15) is 4.79 Å². The summed E-state index contributed by atoms with van der Waals surface area (Å²) >= 11 is 0. The van der Waals surface area contributed by atoms with Crippen LogP contribution in [0.4, 0.5) is 0 Å². The Morgan fingerprint density at radius 1 is 1.00 bits per heavy atom. The van der Waals surface area contributed by atoms with Gasteiger partial charge < -0.3 is 14.2 Å². The maximum Gasteiger partial charge on any atom is 0.305 e. The number of esters is 1. The van der Waals surface area contributed by atoms with Gasteiger partial charge >= 0.3 is 5.97 Å². The number of rotatable bonds is 12. The van der Waals surface area contributed by atoms with Crippen molar-refractivity contribution in [2.75, 3.05) is 19.8 Å². The second-order valence-corrected chi connectivity index (χ2v) is 6.90. The van der Waals surface area contributed by atoms with Gasteiger partial charge in [-0.2, -0.15) is 0 Å². The third-order valence-corrected chi connectivity index (χ3v) is 4.14. The molecule has 0 atom stereocenters. The molecule has 1 aromatic rings. The third-order valence-electron chi connectivity index (χ3n) is 4.14. The number of hydrogen-bond acceptors (Lipinski definition) is 4. The van der Waals surface area contributed by atoms with Gasteiger partial charge in [0.2, 0.25) is 0 Å². The number of hydrogen-bond donors (Lipinski definition) is 0. The summed E-state index contributed by atoms with van der Waals surface area (Å²) in [4.78, 5) is 11.5. The molecule has 4 heteroatoms. The summed E-state index contributed by atoms with van der Waals surface area (Å²) < 4.78 is 16.7. The molecular formula is C21H34O4. The Morgan fingerprint density at radius 3 is 2.24 bits per heavy atom. The molecule has 0 heterocycles. The lowest BCUT2D eigenvalue weighted by Gasteiger charge is -2.26. The van der Waals surface area contributed by atoms with Crippen molar-refractivity contribution < 1.29 is 19.0 Å². The van der Waals surface area contributed by atoms with Gasteiger partial charge in [0, 0.05) is 6.42 Å². The highest BCUT2D eigenvalue weighted by Gasteiger charge is 2.22. The minimum absolute atomic E-state index is 0.0416. The van der Waals surface area contributed by atoms with E-state index >= 15 is 0 Å². The Balaban J connectivity index is 2.81. The van der Waals surface area contributed by atoms with Gasteiger partial charge in [-0.1, -0.05) is 33.8 Å². The summed E-state index contributed by atoms with van der Waals surface area (Å²) in [7, 11) is 0. The van der Waals surface area contributed by atoms with Gasteiger partial charge in [0.25, 0.3) is 0 Å². The van der Waals surface area contributed by atoms with Gasteiger partial charge in [-0.25, -0.2) is 0 Å². The predicted molar refractivity (Wildman–Crippen MR) is 102 cm³/mol. The Bertz CT molecular complexity index is 523. The molecule has 0 saturated heterocycles. The van der Waals surface area contributed by atoms with E-state index in [4.69, 9.17) is 14.2 Å². The first-order valence-electron chi connectivity index (χ1n) is 9.50. The van der Waals surface area contributed by atoms with Crippen molar-refractivity contribution >= 4 is 5.97 Å². The molecular weight excluding hydrogens is 316 g/mol. The zero-order valence-corrected chi connectivity index (χ0v) is 16.5. The molecule has 142 valence electrons. The second kappa shape index (κ2) is 11.0. The summed E-state index contributed by atoms with van der Waals surface area (Å²) in [6, 6.07) is 6.20. The van der Waals surface area contributed by atoms with Crippen molar-refractivity contribution in [1.29, 1.82) is 0 Å². The Labute approximate surface area is 152 Å². The molecule has 1 rings (SSSR count). The van der Waals surface area contributed by atoms with Crippen molar-refractivity contribution in [2.45, 2.75) is 72.1 Å². The molecule has 0 aliphatic heterocycles. The number of carbonyl (C=O) groups excluding carboxylic acids is 1. The number of carbonyl (C=O) groups is 1. The molecule has 0 N–H and O–H groups in total. The maximum absolute atomic E-state index is 11.5. The van der Waals surface area contributed by atoms with E-state index in [1.54, 1.807) is 0 Å². The normalized spacial score (nSPS) is 11.2. The van der Waals surface area contributed by atoms with Gasteiger partial charge in [0.1, 0.15) is 0 Å². The Morgan fingerprint density at radius 2 is 1.64 bits per heavy atom. The van der Waals surface area contributed by atoms with Crippen LogP contribution < -0.4 is 9.47 Å². The second-order valence-electron chi connectivity index (χ2n) is 6.90. The molecule has 0 aliphatic rings. The standard InChI is InChI=1S/C21H34O4/c1-6-14-24-18-12-11-17(16-19(18)25-15-7-2)21(4,5)13-9-10-20(22)23-8-3/h11-12,16H,6-10,13-15H2,1-5H3. The van der Waals surface area contributed by atoms with Crippen molar-refractivity contribution in [1.82, 2.24) is 0 Å². The molecule has 4 nitrogen and oxygen atoms in total. The van der Waals surface area contributed by atoms with Gasteiger partial charge in [0.05, 0.1) is 19.8 Å². The minimum Gasteiger partial charge on any atom is -0.490 e. The molecule has 0 fully saturated rings. The first kappa shape index (κ1) is 21.3. The highest BCUT2D eigenvalue weighted by atomic mass is 16.5. The Hall–Kier alpha value is -1.71. The fourth-order valence-electron chi connectivity index (χ4n) is 2.64. The minimum atomic E-state index is -0.117. The van der Waals surface area contributed by atoms with Crippen LogP contribution in [0.15, 0.2) is 18.2 Å². The average molecular weight is 350 g/mol. The van der Waals surface area contributed by atoms with Crippen LogP contribution in [0.2, 0.25) is 0 Å². The summed E-state index contributed by atoms with van der Waals surface area (Å²) in [5.74, 6) is 1.50. The van der Waals surface area contributed by atoms with Crippen LogP contribution in [0.5, 0.6) is 11.5 Å². The molecule has 0 amide bonds. The fraction of sp³-hybridized carbons (Fsp3) is 0.667. The SMILES string of the molecule is CCCOc1ccc(C(C)(C)CCCC(=O)OCC)cc1OCCC. The van der Waals surface area contributed by atoms with Gasteiger partial charge in [-0.05, 0) is 55.7 Å². The Kier molecular flexibility index (Phi) is 9.40. The topological polar surface area (TPSA) is 44.8 Å². The summed E-state index contributed by atoms with van der Waals surface area (Å²) in [6.45, 7) is 12.2. The maximum atomic E-state index is 11.5. The number of ether oxygens (including phenoxy) is 3. The number of benzene rings is 1. The van der Waals surface area contributed by atoms with Crippen LogP contribution in [-0.4, -0.2) is 25.8 Å². The van der Waals surface area contributed by atoms with E-state index in [1.807, 2.05) is 13.0 Å². The molecule has 0 radical (unpaired) electrons. The molecule has 1 aromatic carbocycles. The van der Waals surface area contributed by atoms with Crippen LogP contribution in [0, 0.1) is 0 Å². The highest BCUT2D eigenvalue weighted by molar-refractivity contribution is 5.69. The molecule has 0 aromatic heterocycles. The largest absolute Gasteiger partial charge is 0.490 e. The third kappa shape index (κ3) is 7.37. The lowest BCUT2D eigenvalue weighted by Crippen LogP contribution is -2.18. The van der Waals surface area contributed by atoms with Crippen molar-refractivity contribution in [3.05, 3.63) is 23.8 Å². The first-order chi connectivity index (χ1) is 11.9. The van der Waals surface area contributed by atoms with Crippen molar-refractivity contribution in [3.8, 4) is 11.5 Å². The fourth-order valence-corrected chi connectivity index (χ4v) is 2.64. The summed E-state index contributed by atoms with van der Waals surface area (Å²) in [5.41, 5.74) is 1.16. The highest BCUT2D eigenvalue weighted by Crippen LogP contribution is 2.36. The van der Waals surface area contributed by atoms with Gasteiger partial charge in [-0.15, -0.1) is 0 Å². The van der Waals surface area contributed by atoms with Crippen LogP contribution in [0.1, 0.15) is 72.3 Å². The lowest BCUT2D eigenvalue weighted by atomic mass is 9.80. The monoisotopic (exact) mass is 350 g/mol. The van der Waals surface area contributed by atoms with Crippen LogP contribution >= 0.6 is 0 Å². The van der Waals surface area contributed by atoms with Crippen LogP contribution in [0.25, 0.3) is 0 Å². The zero-order valence-electron chi connectivity index (χ0n) is 16.5. The molecule has 0 unspecified atom stereocenters. The molecule has 0 saturated carbocycles. The van der Waals surface area contributed by atoms with Crippen LogP contribution in [-0.2, 0) is 14.9 Å². The van der Waals surface area contributed by atoms with Gasteiger partial charge in [-0.3, -0.25) is 4.79 Å². The summed E-state index contributed by atoms with van der Waals surface area (Å²) in [6.07, 6.45) is 4.11. The van der Waals surface area contributed by atoms with Crippen molar-refractivity contribution in [2.24, 2.45) is 0 Å². The molecule has 0 bridgehead atoms. The van der Waals surface area contributed by atoms with E-state index in [0.29, 0.717) is 26.2 Å². The zero-order chi connectivity index (χ0) is 18.7. The molecule has 0 spiro atoms. The average Bonchev–Trinajstić information content (AvgIpc) is 2.58. The molecule has 25 heavy (non-hydrogen) atoms. The van der Waals surface area contributed by atoms with E-state index in [0.717, 1.165) is 37.2 Å². The van der Waals surface area contributed by atoms with Crippen LogP contribution in [0.3, 0.4) is 0 Å². The van der Waals surface area contributed by atoms with E-state index < -0.39 is 0 Å². The van der Waals surface area contributed by atoms with Gasteiger partial charge in [0.15, 0.2) is 11.5 Å². The molecule has 0 aliphatic carbocycles.